The number of fused-ring (bicyclic) bond motifs is 2. The highest BCUT2D eigenvalue weighted by Crippen LogP contribution is 2.38. The van der Waals surface area contributed by atoms with E-state index in [9.17, 15) is 18.4 Å². The van der Waals surface area contributed by atoms with Crippen LogP contribution in [0.15, 0.2) is 59.6 Å². The van der Waals surface area contributed by atoms with Crippen LogP contribution in [0.1, 0.15) is 5.56 Å². The fraction of sp³-hybridized carbons (Fsp3) is 0.200. The highest BCUT2D eigenvalue weighted by molar-refractivity contribution is 5.89. The Bertz CT molecular complexity index is 1510. The van der Waals surface area contributed by atoms with Gasteiger partial charge in [-0.25, -0.2) is 18.0 Å². The second-order valence-corrected chi connectivity index (χ2v) is 8.73. The number of rotatable bonds is 3. The van der Waals surface area contributed by atoms with Crippen molar-refractivity contribution in [3.63, 3.8) is 0 Å². The summed E-state index contributed by atoms with van der Waals surface area (Å²) < 4.78 is 49.8. The van der Waals surface area contributed by atoms with Crippen molar-refractivity contribution in [3.05, 3.63) is 88.0 Å². The Morgan fingerprint density at radius 1 is 1.20 bits per heavy atom. The van der Waals surface area contributed by atoms with E-state index < -0.39 is 40.3 Å². The summed E-state index contributed by atoms with van der Waals surface area (Å²) in [5.74, 6) is -3.19. The molecule has 1 aliphatic carbocycles. The summed E-state index contributed by atoms with van der Waals surface area (Å²) in [7, 11) is 0. The molecule has 0 radical (unpaired) electrons. The van der Waals surface area contributed by atoms with E-state index in [2.05, 4.69) is 4.74 Å². The molecule has 2 aliphatic rings. The van der Waals surface area contributed by atoms with E-state index in [-0.39, 0.29) is 33.8 Å². The van der Waals surface area contributed by atoms with Gasteiger partial charge in [0.2, 0.25) is 5.43 Å². The molecule has 1 aliphatic heterocycles. The zero-order valence-electron chi connectivity index (χ0n) is 18.5. The molecule has 2 atom stereocenters. The Kier molecular flexibility index (Phi) is 5.21. The van der Waals surface area contributed by atoms with Gasteiger partial charge in [0.15, 0.2) is 5.75 Å². The molecular formula is C25H20F3N3O4. The highest BCUT2D eigenvalue weighted by Gasteiger charge is 2.42. The minimum Gasteiger partial charge on any atom is -0.449 e. The number of benzene rings is 2. The number of pyridine rings is 1. The molecule has 2 aromatic carbocycles. The fourth-order valence-corrected chi connectivity index (χ4v) is 4.83. The van der Waals surface area contributed by atoms with E-state index in [1.54, 1.807) is 4.90 Å². The van der Waals surface area contributed by atoms with Crippen molar-refractivity contribution in [2.75, 3.05) is 18.0 Å². The van der Waals surface area contributed by atoms with Gasteiger partial charge in [0.25, 0.3) is 0 Å². The monoisotopic (exact) mass is 483 g/mol. The minimum absolute atomic E-state index is 0.0639. The van der Waals surface area contributed by atoms with Gasteiger partial charge in [-0.15, -0.1) is 0 Å². The molecule has 0 amide bonds. The molecule has 7 nitrogen and oxygen atoms in total. The molecule has 3 N–H and O–H groups in total. The van der Waals surface area contributed by atoms with Crippen molar-refractivity contribution in [1.29, 1.82) is 0 Å². The van der Waals surface area contributed by atoms with Crippen molar-refractivity contribution >= 4 is 22.7 Å². The number of aromatic nitrogens is 1. The van der Waals surface area contributed by atoms with Crippen molar-refractivity contribution in [2.24, 2.45) is 11.7 Å². The van der Waals surface area contributed by atoms with Crippen LogP contribution in [0, 0.1) is 30.3 Å². The smallest absolute Gasteiger partial charge is 0.449 e. The molecule has 2 heterocycles. The van der Waals surface area contributed by atoms with E-state index in [0.29, 0.717) is 19.2 Å². The van der Waals surface area contributed by atoms with Gasteiger partial charge in [-0.1, -0.05) is 24.3 Å². The first-order chi connectivity index (χ1) is 16.6. The Morgan fingerprint density at radius 3 is 2.66 bits per heavy atom. The van der Waals surface area contributed by atoms with Gasteiger partial charge in [-0.2, -0.15) is 0 Å². The Balaban J connectivity index is 1.78. The van der Waals surface area contributed by atoms with Gasteiger partial charge in [-0.05, 0) is 25.1 Å². The maximum absolute atomic E-state index is 15.7. The molecule has 0 saturated carbocycles. The van der Waals surface area contributed by atoms with E-state index in [1.807, 2.05) is 24.3 Å². The van der Waals surface area contributed by atoms with Gasteiger partial charge in [0.1, 0.15) is 17.5 Å². The molecule has 0 bridgehead atoms. The first kappa shape index (κ1) is 22.7. The van der Waals surface area contributed by atoms with E-state index in [4.69, 9.17) is 10.8 Å². The standard InChI is InChI=1S/C25H20F3N3O4/c1-13-21-18(9-19(22(13)28)30-10-14-4-2-3-7-25(14,29)12-30)31(11-20(23(21)32)35-24(33)34)17-6-5-15(26)8-16(17)27/h2-9,11,14H,10,12,29H2,1H3,(H,33,34). The Hall–Kier alpha value is -4.05. The van der Waals surface area contributed by atoms with Crippen LogP contribution in [0.3, 0.4) is 0 Å². The molecule has 1 saturated heterocycles. The first-order valence-corrected chi connectivity index (χ1v) is 10.7. The Morgan fingerprint density at radius 2 is 1.97 bits per heavy atom. The number of carboxylic acid groups (broad SMARTS) is 1. The number of aryl methyl sites for hydroxylation is 1. The molecule has 180 valence electrons. The lowest BCUT2D eigenvalue weighted by atomic mass is 9.85. The lowest BCUT2D eigenvalue weighted by Crippen LogP contribution is -2.46. The normalized spacial score (nSPS) is 20.9. The predicted octanol–water partition coefficient (Wildman–Crippen LogP) is 4.03. The average molecular weight is 483 g/mol. The van der Waals surface area contributed by atoms with Crippen LogP contribution in [0.4, 0.5) is 23.7 Å². The van der Waals surface area contributed by atoms with Gasteiger partial charge in [0.05, 0.1) is 34.0 Å². The number of allylic oxidation sites excluding steroid dienone is 2. The predicted molar refractivity (Wildman–Crippen MR) is 124 cm³/mol. The van der Waals surface area contributed by atoms with Gasteiger partial charge < -0.3 is 25.0 Å². The SMILES string of the molecule is Cc1c(F)c(N2CC3C=CC=CC3(N)C2)cc2c1c(=O)c(OC(=O)O)cn2-c1ccc(F)cc1F. The zero-order valence-corrected chi connectivity index (χ0v) is 18.5. The second kappa shape index (κ2) is 8.02. The molecule has 5 rings (SSSR count). The maximum Gasteiger partial charge on any atom is 0.511 e. The van der Waals surface area contributed by atoms with Crippen LogP contribution in [0.25, 0.3) is 16.6 Å². The van der Waals surface area contributed by atoms with E-state index in [0.717, 1.165) is 22.9 Å². The summed E-state index contributed by atoms with van der Waals surface area (Å²) in [5.41, 5.74) is 4.95. The van der Waals surface area contributed by atoms with Crippen LogP contribution in [-0.2, 0) is 0 Å². The van der Waals surface area contributed by atoms with Gasteiger partial charge in [-0.3, -0.25) is 4.79 Å². The van der Waals surface area contributed by atoms with Crippen LogP contribution >= 0.6 is 0 Å². The summed E-state index contributed by atoms with van der Waals surface area (Å²) in [5, 5.41) is 8.87. The van der Waals surface area contributed by atoms with Crippen LogP contribution in [-0.4, -0.2) is 34.5 Å². The summed E-state index contributed by atoms with van der Waals surface area (Å²) in [6.45, 7) is 2.09. The molecular weight excluding hydrogens is 463 g/mol. The van der Waals surface area contributed by atoms with Gasteiger partial charge >= 0.3 is 6.16 Å². The number of nitrogens with zero attached hydrogens (tertiary/aromatic N) is 2. The lowest BCUT2D eigenvalue weighted by molar-refractivity contribution is 0.144. The molecule has 3 aromatic rings. The minimum atomic E-state index is -1.77. The topological polar surface area (TPSA) is 97.8 Å². The van der Waals surface area contributed by atoms with Crippen molar-refractivity contribution < 1.29 is 27.8 Å². The van der Waals surface area contributed by atoms with Crippen molar-refractivity contribution in [2.45, 2.75) is 12.5 Å². The number of anilines is 1. The zero-order chi connectivity index (χ0) is 25.1. The summed E-state index contributed by atoms with van der Waals surface area (Å²) in [6.07, 6.45) is 6.75. The third kappa shape index (κ3) is 3.66. The van der Waals surface area contributed by atoms with E-state index >= 15 is 4.39 Å². The van der Waals surface area contributed by atoms with Gasteiger partial charge in [0, 0.05) is 30.6 Å². The average Bonchev–Trinajstić information content (AvgIpc) is 3.14. The molecule has 0 spiro atoms. The number of halogens is 3. The number of nitrogens with two attached hydrogens (primary N) is 1. The van der Waals surface area contributed by atoms with Crippen LogP contribution in [0.2, 0.25) is 0 Å². The lowest BCUT2D eigenvalue weighted by Gasteiger charge is -2.27. The largest absolute Gasteiger partial charge is 0.511 e. The Labute approximate surface area is 197 Å². The number of carbonyl (C=O) groups is 1. The number of ether oxygens (including phenoxy) is 1. The molecule has 2 unspecified atom stereocenters. The second-order valence-electron chi connectivity index (χ2n) is 8.73. The first-order valence-electron chi connectivity index (χ1n) is 10.7. The summed E-state index contributed by atoms with van der Waals surface area (Å²) >= 11 is 0. The van der Waals surface area contributed by atoms with E-state index in [1.165, 1.54) is 13.0 Å². The summed E-state index contributed by atoms with van der Waals surface area (Å²) in [6, 6.07) is 4.18. The summed E-state index contributed by atoms with van der Waals surface area (Å²) in [4.78, 5) is 26.0. The fourth-order valence-electron chi connectivity index (χ4n) is 4.83. The third-order valence-electron chi connectivity index (χ3n) is 6.56. The molecule has 1 aromatic heterocycles. The highest BCUT2D eigenvalue weighted by atomic mass is 19.1. The third-order valence-corrected chi connectivity index (χ3v) is 6.56. The van der Waals surface area contributed by atoms with Crippen molar-refractivity contribution in [3.8, 4) is 11.4 Å². The van der Waals surface area contributed by atoms with Crippen LogP contribution in [0.5, 0.6) is 5.75 Å². The number of hydrogen-bond donors (Lipinski definition) is 2. The van der Waals surface area contributed by atoms with Crippen LogP contribution < -0.4 is 20.8 Å². The quantitative estimate of drug-likeness (QED) is 0.546. The molecule has 1 fully saturated rings. The van der Waals surface area contributed by atoms with Crippen molar-refractivity contribution in [1.82, 2.24) is 4.57 Å². The number of hydrogen-bond acceptors (Lipinski definition) is 5. The molecule has 10 heteroatoms. The molecule has 35 heavy (non-hydrogen) atoms. The maximum atomic E-state index is 15.7.